The van der Waals surface area contributed by atoms with Gasteiger partial charge in [0.25, 0.3) is 5.88 Å². The maximum absolute atomic E-state index is 11.9. The molecule has 0 bridgehead atoms. The van der Waals surface area contributed by atoms with E-state index in [1.54, 1.807) is 12.4 Å². The van der Waals surface area contributed by atoms with Crippen LogP contribution in [0.15, 0.2) is 12.4 Å². The second-order valence-corrected chi connectivity index (χ2v) is 4.90. The Kier molecular flexibility index (Phi) is 2.62. The highest BCUT2D eigenvalue weighted by Gasteiger charge is 2.51. The minimum Gasteiger partial charge on any atom is -0.478 e. The molecular weight excluding hydrogens is 248 g/mol. The van der Waals surface area contributed by atoms with E-state index in [1.165, 1.54) is 7.11 Å². The Labute approximate surface area is 110 Å². The number of aromatic nitrogens is 2. The van der Waals surface area contributed by atoms with Crippen molar-refractivity contribution in [1.29, 1.82) is 0 Å². The maximum atomic E-state index is 11.9. The molecule has 1 aromatic rings. The monoisotopic (exact) mass is 262 g/mol. The standard InChI is InChI=1S/C12H14N4O3/c1-19-10-9(13-3-4-14-10)16-5-2-12(7-16)6-8(17)15-11(12)18/h3-4H,2,5-7H2,1H3,(H,15,17,18). The van der Waals surface area contributed by atoms with Crippen LogP contribution in [0.4, 0.5) is 5.82 Å². The van der Waals surface area contributed by atoms with Gasteiger partial charge in [0.15, 0.2) is 5.82 Å². The number of rotatable bonds is 2. The number of ether oxygens (including phenoxy) is 1. The van der Waals surface area contributed by atoms with E-state index >= 15 is 0 Å². The molecule has 1 spiro atoms. The van der Waals surface area contributed by atoms with Crippen LogP contribution in [0, 0.1) is 5.41 Å². The molecule has 2 aliphatic heterocycles. The van der Waals surface area contributed by atoms with Crippen molar-refractivity contribution < 1.29 is 14.3 Å². The number of carbonyl (C=O) groups excluding carboxylic acids is 2. The summed E-state index contributed by atoms with van der Waals surface area (Å²) in [5.74, 6) is 0.680. The molecule has 2 fully saturated rings. The second kappa shape index (κ2) is 4.18. The third-order valence-electron chi connectivity index (χ3n) is 3.73. The van der Waals surface area contributed by atoms with Gasteiger partial charge in [0.2, 0.25) is 11.8 Å². The molecule has 0 aromatic carbocycles. The highest BCUT2D eigenvalue weighted by Crippen LogP contribution is 2.40. The Morgan fingerprint density at radius 1 is 1.37 bits per heavy atom. The van der Waals surface area contributed by atoms with Crippen LogP contribution in [-0.4, -0.2) is 42.0 Å². The fraction of sp³-hybridized carbons (Fsp3) is 0.500. The number of hydrogen-bond acceptors (Lipinski definition) is 6. The molecule has 0 saturated carbocycles. The summed E-state index contributed by atoms with van der Waals surface area (Å²) in [4.78, 5) is 33.6. The van der Waals surface area contributed by atoms with Gasteiger partial charge in [-0.3, -0.25) is 14.9 Å². The van der Waals surface area contributed by atoms with E-state index in [0.717, 1.165) is 0 Å². The number of nitrogens with one attached hydrogen (secondary N) is 1. The van der Waals surface area contributed by atoms with Crippen LogP contribution in [-0.2, 0) is 9.59 Å². The maximum Gasteiger partial charge on any atom is 0.257 e. The fourth-order valence-electron chi connectivity index (χ4n) is 2.75. The molecule has 3 rings (SSSR count). The van der Waals surface area contributed by atoms with Crippen molar-refractivity contribution in [3.63, 3.8) is 0 Å². The van der Waals surface area contributed by atoms with Crippen LogP contribution in [0.1, 0.15) is 12.8 Å². The van der Waals surface area contributed by atoms with Crippen molar-refractivity contribution in [1.82, 2.24) is 15.3 Å². The smallest absolute Gasteiger partial charge is 0.257 e. The fourth-order valence-corrected chi connectivity index (χ4v) is 2.75. The van der Waals surface area contributed by atoms with Gasteiger partial charge < -0.3 is 9.64 Å². The third-order valence-corrected chi connectivity index (χ3v) is 3.73. The molecule has 100 valence electrons. The van der Waals surface area contributed by atoms with Crippen molar-refractivity contribution in [3.8, 4) is 5.88 Å². The van der Waals surface area contributed by atoms with Crippen LogP contribution in [0.25, 0.3) is 0 Å². The first-order valence-electron chi connectivity index (χ1n) is 6.09. The number of hydrogen-bond donors (Lipinski definition) is 1. The number of methoxy groups -OCH3 is 1. The molecule has 7 nitrogen and oxygen atoms in total. The Morgan fingerprint density at radius 2 is 2.16 bits per heavy atom. The van der Waals surface area contributed by atoms with E-state index in [0.29, 0.717) is 31.2 Å². The van der Waals surface area contributed by atoms with Gasteiger partial charge >= 0.3 is 0 Å². The van der Waals surface area contributed by atoms with Gasteiger partial charge in [-0.15, -0.1) is 0 Å². The Balaban J connectivity index is 1.86. The molecule has 2 saturated heterocycles. The Hall–Kier alpha value is -2.18. The van der Waals surface area contributed by atoms with Crippen LogP contribution in [0.5, 0.6) is 5.88 Å². The Morgan fingerprint density at radius 3 is 2.84 bits per heavy atom. The molecule has 1 unspecified atom stereocenters. The van der Waals surface area contributed by atoms with Crippen molar-refractivity contribution in [2.24, 2.45) is 5.41 Å². The van der Waals surface area contributed by atoms with E-state index in [9.17, 15) is 9.59 Å². The molecule has 2 amide bonds. The van der Waals surface area contributed by atoms with Gasteiger partial charge in [-0.1, -0.05) is 0 Å². The topological polar surface area (TPSA) is 84.4 Å². The first-order chi connectivity index (χ1) is 9.14. The van der Waals surface area contributed by atoms with Crippen molar-refractivity contribution in [3.05, 3.63) is 12.4 Å². The largest absolute Gasteiger partial charge is 0.478 e. The van der Waals surface area contributed by atoms with Gasteiger partial charge in [-0.05, 0) is 6.42 Å². The predicted molar refractivity (Wildman–Crippen MR) is 65.6 cm³/mol. The van der Waals surface area contributed by atoms with E-state index < -0.39 is 5.41 Å². The normalized spacial score (nSPS) is 26.1. The van der Waals surface area contributed by atoms with Gasteiger partial charge in [0.1, 0.15) is 0 Å². The zero-order valence-corrected chi connectivity index (χ0v) is 10.5. The summed E-state index contributed by atoms with van der Waals surface area (Å²) in [6.07, 6.45) is 4.04. The molecule has 0 radical (unpaired) electrons. The molecule has 2 aliphatic rings. The molecule has 0 aliphatic carbocycles. The minimum atomic E-state index is -0.611. The summed E-state index contributed by atoms with van der Waals surface area (Å²) in [6, 6.07) is 0. The zero-order valence-electron chi connectivity index (χ0n) is 10.5. The van der Waals surface area contributed by atoms with Gasteiger partial charge in [-0.25, -0.2) is 9.97 Å². The van der Waals surface area contributed by atoms with E-state index in [2.05, 4.69) is 15.3 Å². The summed E-state index contributed by atoms with van der Waals surface area (Å²) in [6.45, 7) is 1.13. The highest BCUT2D eigenvalue weighted by atomic mass is 16.5. The summed E-state index contributed by atoms with van der Waals surface area (Å²) in [7, 11) is 1.53. The van der Waals surface area contributed by atoms with E-state index in [1.807, 2.05) is 4.90 Å². The van der Waals surface area contributed by atoms with Crippen molar-refractivity contribution >= 4 is 17.6 Å². The van der Waals surface area contributed by atoms with Crippen molar-refractivity contribution in [2.75, 3.05) is 25.1 Å². The highest BCUT2D eigenvalue weighted by molar-refractivity contribution is 6.06. The van der Waals surface area contributed by atoms with Crippen LogP contribution in [0.2, 0.25) is 0 Å². The Bertz CT molecular complexity index is 548. The first-order valence-corrected chi connectivity index (χ1v) is 6.09. The lowest BCUT2D eigenvalue weighted by molar-refractivity contribution is -0.127. The van der Waals surface area contributed by atoms with Crippen LogP contribution < -0.4 is 15.0 Å². The number of amides is 2. The molecule has 7 heteroatoms. The number of anilines is 1. The van der Waals surface area contributed by atoms with Gasteiger partial charge in [0, 0.05) is 31.9 Å². The van der Waals surface area contributed by atoms with Crippen LogP contribution >= 0.6 is 0 Å². The lowest BCUT2D eigenvalue weighted by Gasteiger charge is -2.21. The lowest BCUT2D eigenvalue weighted by Crippen LogP contribution is -2.34. The predicted octanol–water partition coefficient (Wildman–Crippen LogP) is -0.272. The molecule has 1 aromatic heterocycles. The quantitative estimate of drug-likeness (QED) is 0.738. The number of imide groups is 1. The SMILES string of the molecule is COc1nccnc1N1CCC2(CC(=O)NC2=O)C1. The van der Waals surface area contributed by atoms with E-state index in [-0.39, 0.29) is 18.2 Å². The molecule has 1 atom stereocenters. The third kappa shape index (κ3) is 1.81. The average molecular weight is 262 g/mol. The molecular formula is C12H14N4O3. The molecule has 1 N–H and O–H groups in total. The number of nitrogens with zero attached hydrogens (tertiary/aromatic N) is 3. The summed E-state index contributed by atoms with van der Waals surface area (Å²) < 4.78 is 5.17. The van der Waals surface area contributed by atoms with Crippen LogP contribution in [0.3, 0.4) is 0 Å². The molecule has 19 heavy (non-hydrogen) atoms. The lowest BCUT2D eigenvalue weighted by atomic mass is 9.85. The van der Waals surface area contributed by atoms with Crippen molar-refractivity contribution in [2.45, 2.75) is 12.8 Å². The molecule has 3 heterocycles. The first kappa shape index (κ1) is 11.9. The summed E-state index contributed by atoms with van der Waals surface area (Å²) >= 11 is 0. The minimum absolute atomic E-state index is 0.178. The summed E-state index contributed by atoms with van der Waals surface area (Å²) in [5.41, 5.74) is -0.611. The summed E-state index contributed by atoms with van der Waals surface area (Å²) in [5, 5.41) is 2.38. The number of carbonyl (C=O) groups is 2. The van der Waals surface area contributed by atoms with Gasteiger partial charge in [-0.2, -0.15) is 0 Å². The van der Waals surface area contributed by atoms with Gasteiger partial charge in [0.05, 0.1) is 12.5 Å². The van der Waals surface area contributed by atoms with E-state index in [4.69, 9.17) is 4.74 Å². The second-order valence-electron chi connectivity index (χ2n) is 4.90. The average Bonchev–Trinajstić information content (AvgIpc) is 2.95. The zero-order chi connectivity index (χ0) is 13.5.